The van der Waals surface area contributed by atoms with Crippen molar-refractivity contribution in [2.75, 3.05) is 0 Å². The fourth-order valence-electron chi connectivity index (χ4n) is 8.91. The Balaban J connectivity index is 1.57. The topological polar surface area (TPSA) is 13.1 Å². The third-order valence-corrected chi connectivity index (χ3v) is 12.2. The summed E-state index contributed by atoms with van der Waals surface area (Å²) < 4.78 is 6.16. The SMILES string of the molecule is [B]c1c([B])c(-c2c([B])c([B])c([B])c3c([B])c([B])c([B])c([B])c23)c([B])c(-c2c3c([B])c([B])c([B])c([B])c3c(-c3ccc4oc5ccccc5c4c3)c3c([B])c([B])c([B])c([B])c23)c1[B]. The molecular formula is C42H7B19O. The number of furan rings is 1. The van der Waals surface area contributed by atoms with Crippen LogP contribution in [0.15, 0.2) is 46.9 Å². The zero-order valence-corrected chi connectivity index (χ0v) is 32.9. The van der Waals surface area contributed by atoms with E-state index in [1.54, 1.807) is 0 Å². The van der Waals surface area contributed by atoms with E-state index in [0.29, 0.717) is 22.3 Å². The van der Waals surface area contributed by atoms with Crippen LogP contribution in [-0.4, -0.2) is 149 Å². The van der Waals surface area contributed by atoms with E-state index in [0.717, 1.165) is 10.8 Å². The molecule has 9 aromatic rings. The van der Waals surface area contributed by atoms with Crippen LogP contribution in [0.3, 0.4) is 0 Å². The summed E-state index contributed by atoms with van der Waals surface area (Å²) in [5, 5.41) is 2.80. The molecule has 1 aromatic heterocycles. The number of hydrogen-bond donors (Lipinski definition) is 0. The highest BCUT2D eigenvalue weighted by Crippen LogP contribution is 2.42. The van der Waals surface area contributed by atoms with Gasteiger partial charge in [0, 0.05) is 10.8 Å². The summed E-state index contributed by atoms with van der Waals surface area (Å²) in [5.41, 5.74) is 1.31. The third kappa shape index (κ3) is 5.62. The van der Waals surface area contributed by atoms with Crippen molar-refractivity contribution in [1.29, 1.82) is 0 Å². The average molecular weight is 733 g/mol. The number of fused-ring (bicyclic) bond motifs is 6. The van der Waals surface area contributed by atoms with Crippen LogP contribution >= 0.6 is 0 Å². The molecule has 0 saturated carbocycles. The average Bonchev–Trinajstić information content (AvgIpc) is 3.63. The van der Waals surface area contributed by atoms with Gasteiger partial charge in [0.15, 0.2) is 0 Å². The summed E-state index contributed by atoms with van der Waals surface area (Å²) in [6, 6.07) is 13.1. The Morgan fingerprint density at radius 1 is 0.242 bits per heavy atom. The van der Waals surface area contributed by atoms with Crippen molar-refractivity contribution in [2.45, 2.75) is 0 Å². The molecule has 0 atom stereocenters. The van der Waals surface area contributed by atoms with Crippen molar-refractivity contribution < 1.29 is 4.42 Å². The third-order valence-electron chi connectivity index (χ3n) is 12.2. The van der Waals surface area contributed by atoms with Gasteiger partial charge in [0.2, 0.25) is 0 Å². The first-order chi connectivity index (χ1) is 29.2. The summed E-state index contributed by atoms with van der Waals surface area (Å²) in [6.45, 7) is 0. The molecule has 20 heteroatoms. The molecule has 0 fully saturated rings. The first kappa shape index (κ1) is 42.9. The normalized spacial score (nSPS) is 11.8. The van der Waals surface area contributed by atoms with Crippen LogP contribution in [-0.2, 0) is 0 Å². The molecule has 0 amide bonds. The molecule has 0 saturated heterocycles. The number of rotatable bonds is 3. The number of benzene rings is 8. The minimum absolute atomic E-state index is 0.00348. The van der Waals surface area contributed by atoms with Gasteiger partial charge in [-0.25, -0.2) is 0 Å². The molecule has 0 N–H and O–H groups in total. The summed E-state index contributed by atoms with van der Waals surface area (Å²) in [7, 11) is 128. The van der Waals surface area contributed by atoms with Crippen LogP contribution in [0.1, 0.15) is 0 Å². The van der Waals surface area contributed by atoms with E-state index in [2.05, 4.69) is 0 Å². The van der Waals surface area contributed by atoms with Crippen molar-refractivity contribution in [3.8, 4) is 33.4 Å². The molecule has 38 radical (unpaired) electrons. The fraction of sp³-hybridized carbons (Fsp3) is 0. The Morgan fingerprint density at radius 2 is 0.581 bits per heavy atom. The van der Waals surface area contributed by atoms with E-state index < -0.39 is 0 Å². The molecule has 1 nitrogen and oxygen atoms in total. The molecule has 9 rings (SSSR count). The van der Waals surface area contributed by atoms with Gasteiger partial charge in [-0.15, -0.1) is 43.7 Å². The Morgan fingerprint density at radius 3 is 1.06 bits per heavy atom. The van der Waals surface area contributed by atoms with Crippen molar-refractivity contribution >= 4 is 307 Å². The van der Waals surface area contributed by atoms with Crippen LogP contribution in [0, 0.1) is 0 Å². The first-order valence-corrected chi connectivity index (χ1v) is 18.7. The second-order valence-electron chi connectivity index (χ2n) is 15.3. The molecule has 0 bridgehead atoms. The van der Waals surface area contributed by atoms with Gasteiger partial charge in [-0.2, -0.15) is 0 Å². The van der Waals surface area contributed by atoms with Crippen LogP contribution < -0.4 is 104 Å². The van der Waals surface area contributed by atoms with E-state index in [-0.39, 0.29) is 158 Å². The number of hydrogen-bond acceptors (Lipinski definition) is 1. The second-order valence-corrected chi connectivity index (χ2v) is 15.3. The van der Waals surface area contributed by atoms with Gasteiger partial charge in [0.05, 0.1) is 0 Å². The van der Waals surface area contributed by atoms with Crippen molar-refractivity contribution in [2.24, 2.45) is 0 Å². The molecule has 62 heavy (non-hydrogen) atoms. The summed E-state index contributed by atoms with van der Waals surface area (Å²) in [6.07, 6.45) is 0. The maximum Gasteiger partial charge on any atom is 0.135 e. The van der Waals surface area contributed by atoms with Gasteiger partial charge in [0.25, 0.3) is 0 Å². The second kappa shape index (κ2) is 14.8. The summed E-state index contributed by atoms with van der Waals surface area (Å²) in [4.78, 5) is 0. The maximum absolute atomic E-state index is 7.33. The van der Waals surface area contributed by atoms with E-state index in [1.807, 2.05) is 42.5 Å². The number of para-hydroxylation sites is 1. The van der Waals surface area contributed by atoms with Crippen molar-refractivity contribution in [3.63, 3.8) is 0 Å². The Hall–Kier alpha value is -4.43. The van der Waals surface area contributed by atoms with Crippen LogP contribution in [0.4, 0.5) is 0 Å². The van der Waals surface area contributed by atoms with Gasteiger partial charge < -0.3 is 4.42 Å². The van der Waals surface area contributed by atoms with Crippen LogP contribution in [0.25, 0.3) is 87.6 Å². The lowest BCUT2D eigenvalue weighted by Crippen LogP contribution is -2.53. The summed E-state index contributed by atoms with van der Waals surface area (Å²) >= 11 is 0. The standard InChI is InChI=1S/C42H7B19O/c43-24-21(31(50)36(55)32(51)22(24)19-20-23(33(52)35(54)29(19)48)34(53)42(61)41(60)30(20)49)14-17-15(25(44)37(56)39(58)27(17)46)13(16-18(14)28(47)40(59)38(57)26(16)45)8-5-6-12-10(7-8)9-3-1-2-4-11(9)62-12/h1-7H. The van der Waals surface area contributed by atoms with E-state index in [9.17, 15) is 0 Å². The lowest BCUT2D eigenvalue weighted by molar-refractivity contribution is 0.669. The predicted molar refractivity (Wildman–Crippen MR) is 285 cm³/mol. The van der Waals surface area contributed by atoms with Gasteiger partial charge in [-0.3, -0.25) is 0 Å². The van der Waals surface area contributed by atoms with Crippen molar-refractivity contribution in [3.05, 3.63) is 42.5 Å². The highest BCUT2D eigenvalue weighted by molar-refractivity contribution is 6.75. The smallest absolute Gasteiger partial charge is 0.135 e. The Labute approximate surface area is 385 Å². The van der Waals surface area contributed by atoms with Gasteiger partial charge in [0.1, 0.15) is 160 Å². The summed E-state index contributed by atoms with van der Waals surface area (Å²) in [5.74, 6) is 0. The van der Waals surface area contributed by atoms with Gasteiger partial charge in [-0.05, 0) is 83.9 Å². The van der Waals surface area contributed by atoms with E-state index >= 15 is 0 Å². The van der Waals surface area contributed by atoms with Crippen LogP contribution in [0.5, 0.6) is 0 Å². The highest BCUT2D eigenvalue weighted by atomic mass is 16.3. The molecule has 1 heterocycles. The van der Waals surface area contributed by atoms with E-state index in [1.165, 1.54) is 0 Å². The predicted octanol–water partition coefficient (Wildman–Crippen LogP) is -10.9. The first-order valence-electron chi connectivity index (χ1n) is 18.7. The molecular weight excluding hydrogens is 726 g/mol. The van der Waals surface area contributed by atoms with Crippen molar-refractivity contribution in [1.82, 2.24) is 0 Å². The minimum Gasteiger partial charge on any atom is -0.456 e. The largest absolute Gasteiger partial charge is 0.456 e. The zero-order chi connectivity index (χ0) is 44.9. The maximum atomic E-state index is 7.33. The highest BCUT2D eigenvalue weighted by Gasteiger charge is 2.29. The van der Waals surface area contributed by atoms with E-state index in [4.69, 9.17) is 153 Å². The minimum atomic E-state index is -0.158. The molecule has 8 aromatic carbocycles. The fourth-order valence-corrected chi connectivity index (χ4v) is 8.91. The quantitative estimate of drug-likeness (QED) is 0.130. The molecule has 238 valence electrons. The Bertz CT molecular complexity index is 3490. The van der Waals surface area contributed by atoms with Gasteiger partial charge >= 0.3 is 0 Å². The Kier molecular flexibility index (Phi) is 10.2. The molecule has 0 aliphatic carbocycles. The lowest BCUT2D eigenvalue weighted by Gasteiger charge is -2.32. The lowest BCUT2D eigenvalue weighted by atomic mass is 9.55. The zero-order valence-electron chi connectivity index (χ0n) is 32.9. The van der Waals surface area contributed by atoms with Crippen LogP contribution in [0.2, 0.25) is 0 Å². The monoisotopic (exact) mass is 736 g/mol. The molecule has 0 aliphatic heterocycles. The molecule has 0 spiro atoms. The van der Waals surface area contributed by atoms with Gasteiger partial charge in [-0.1, -0.05) is 84.4 Å². The molecule has 0 unspecified atom stereocenters. The molecule has 0 aliphatic rings.